The van der Waals surface area contributed by atoms with Crippen LogP contribution in [0.3, 0.4) is 0 Å². The van der Waals surface area contributed by atoms with Crippen molar-refractivity contribution in [3.05, 3.63) is 23.9 Å². The zero-order valence-electron chi connectivity index (χ0n) is 20.8. The average Bonchev–Trinajstić information content (AvgIpc) is 2.83. The van der Waals surface area contributed by atoms with Crippen molar-refractivity contribution >= 4 is 29.6 Å². The van der Waals surface area contributed by atoms with Gasteiger partial charge >= 0.3 is 6.09 Å². The molecule has 4 amide bonds. The van der Waals surface area contributed by atoms with Gasteiger partial charge in [-0.25, -0.2) is 9.78 Å². The molecule has 3 aliphatic heterocycles. The minimum atomic E-state index is -0.533. The molecule has 1 N–H and O–H groups in total. The van der Waals surface area contributed by atoms with E-state index in [0.717, 1.165) is 24.2 Å². The van der Waals surface area contributed by atoms with E-state index in [1.807, 2.05) is 37.8 Å². The molecule has 0 aromatic carbocycles. The Labute approximate surface area is 206 Å². The molecule has 3 saturated heterocycles. The van der Waals surface area contributed by atoms with E-state index in [0.29, 0.717) is 52.1 Å². The summed E-state index contributed by atoms with van der Waals surface area (Å²) in [6, 6.07) is 3.76. The predicted molar refractivity (Wildman–Crippen MR) is 129 cm³/mol. The lowest BCUT2D eigenvalue weighted by Gasteiger charge is -2.39. The minimum absolute atomic E-state index is 0.0438. The molecule has 0 aliphatic carbocycles. The molecule has 0 bridgehead atoms. The van der Waals surface area contributed by atoms with Crippen molar-refractivity contribution in [3.8, 4) is 0 Å². The Bertz CT molecular complexity index is 975. The van der Waals surface area contributed by atoms with E-state index in [9.17, 15) is 19.2 Å². The molecule has 1 atom stereocenters. The summed E-state index contributed by atoms with van der Waals surface area (Å²) in [6.45, 7) is 8.96. The van der Waals surface area contributed by atoms with Gasteiger partial charge in [-0.2, -0.15) is 0 Å². The molecule has 0 spiro atoms. The number of hydrogen-bond donors (Lipinski definition) is 1. The Kier molecular flexibility index (Phi) is 7.28. The molecule has 0 saturated carbocycles. The molecule has 1 unspecified atom stereocenters. The topological polar surface area (TPSA) is 112 Å². The quantitative estimate of drug-likeness (QED) is 0.651. The number of nitrogens with zero attached hydrogens (tertiary/aromatic N) is 4. The first-order valence-electron chi connectivity index (χ1n) is 12.4. The zero-order valence-corrected chi connectivity index (χ0v) is 20.8. The number of piperidine rings is 2. The maximum absolute atomic E-state index is 13.1. The van der Waals surface area contributed by atoms with Crippen LogP contribution in [0.4, 0.5) is 10.6 Å². The van der Waals surface area contributed by atoms with E-state index in [-0.39, 0.29) is 35.7 Å². The summed E-state index contributed by atoms with van der Waals surface area (Å²) < 4.78 is 5.44. The molecular weight excluding hydrogens is 450 g/mol. The fraction of sp³-hybridized carbons (Fsp3) is 0.640. The van der Waals surface area contributed by atoms with Gasteiger partial charge in [-0.3, -0.25) is 19.7 Å². The molecule has 4 rings (SSSR count). The standard InChI is InChI=1S/C25H35N5O5/c1-25(2,3)35-24(34)30-14-12-29(13-15-30)23(33)17-7-10-28(11-8-17)20-16-18(6-9-26-20)19-4-5-21(31)27-22(19)32/h6,9,16-17,19H,4-5,7-8,10-15H2,1-3H3,(H,27,31,32). The molecule has 1 aromatic rings. The van der Waals surface area contributed by atoms with Crippen molar-refractivity contribution < 1.29 is 23.9 Å². The largest absolute Gasteiger partial charge is 0.444 e. The highest BCUT2D eigenvalue weighted by atomic mass is 16.6. The second kappa shape index (κ2) is 10.2. The van der Waals surface area contributed by atoms with Crippen LogP contribution in [0.5, 0.6) is 0 Å². The fourth-order valence-electron chi connectivity index (χ4n) is 4.89. The number of ether oxygens (including phenoxy) is 1. The van der Waals surface area contributed by atoms with Gasteiger partial charge in [0.15, 0.2) is 0 Å². The van der Waals surface area contributed by atoms with Crippen LogP contribution in [0.2, 0.25) is 0 Å². The van der Waals surface area contributed by atoms with E-state index >= 15 is 0 Å². The Morgan fingerprint density at radius 3 is 2.29 bits per heavy atom. The summed E-state index contributed by atoms with van der Waals surface area (Å²) >= 11 is 0. The maximum Gasteiger partial charge on any atom is 0.410 e. The third-order valence-electron chi connectivity index (χ3n) is 6.82. The number of nitrogens with one attached hydrogen (secondary N) is 1. The highest BCUT2D eigenvalue weighted by Gasteiger charge is 2.33. The summed E-state index contributed by atoms with van der Waals surface area (Å²) in [5, 5.41) is 2.41. The number of anilines is 1. The third kappa shape index (κ3) is 6.10. The Hall–Kier alpha value is -3.17. The van der Waals surface area contributed by atoms with Gasteiger partial charge in [0.1, 0.15) is 11.4 Å². The Morgan fingerprint density at radius 2 is 1.66 bits per heavy atom. The number of imide groups is 1. The number of carbonyl (C=O) groups excluding carboxylic acids is 4. The number of pyridine rings is 1. The lowest BCUT2D eigenvalue weighted by atomic mass is 9.90. The second-order valence-corrected chi connectivity index (χ2v) is 10.5. The molecule has 10 nitrogen and oxygen atoms in total. The maximum atomic E-state index is 13.1. The predicted octanol–water partition coefficient (Wildman–Crippen LogP) is 1.90. The highest BCUT2D eigenvalue weighted by molar-refractivity contribution is 6.01. The number of piperazine rings is 1. The van der Waals surface area contributed by atoms with Crippen LogP contribution in [0.25, 0.3) is 0 Å². The lowest BCUT2D eigenvalue weighted by Crippen LogP contribution is -2.53. The van der Waals surface area contributed by atoms with Crippen molar-refractivity contribution in [1.29, 1.82) is 0 Å². The van der Waals surface area contributed by atoms with Crippen molar-refractivity contribution in [2.75, 3.05) is 44.2 Å². The monoisotopic (exact) mass is 485 g/mol. The van der Waals surface area contributed by atoms with Crippen molar-refractivity contribution in [2.24, 2.45) is 5.92 Å². The fourth-order valence-corrected chi connectivity index (χ4v) is 4.89. The van der Waals surface area contributed by atoms with Crippen molar-refractivity contribution in [2.45, 2.75) is 58.0 Å². The van der Waals surface area contributed by atoms with Gasteiger partial charge in [-0.1, -0.05) is 0 Å². The summed E-state index contributed by atoms with van der Waals surface area (Å²) in [6.07, 6.45) is 3.69. The van der Waals surface area contributed by atoms with E-state index in [1.165, 1.54) is 0 Å². The highest BCUT2D eigenvalue weighted by Crippen LogP contribution is 2.29. The van der Waals surface area contributed by atoms with Gasteiger partial charge < -0.3 is 19.4 Å². The first-order valence-corrected chi connectivity index (χ1v) is 12.4. The molecule has 190 valence electrons. The molecule has 3 fully saturated rings. The Morgan fingerprint density at radius 1 is 1.00 bits per heavy atom. The van der Waals surface area contributed by atoms with Crippen LogP contribution in [0, 0.1) is 5.92 Å². The van der Waals surface area contributed by atoms with Gasteiger partial charge in [-0.15, -0.1) is 0 Å². The van der Waals surface area contributed by atoms with Crippen molar-refractivity contribution in [1.82, 2.24) is 20.1 Å². The number of carbonyl (C=O) groups is 4. The SMILES string of the molecule is CC(C)(C)OC(=O)N1CCN(C(=O)C2CCN(c3cc(C4CCC(=O)NC4=O)ccn3)CC2)CC1. The third-order valence-corrected chi connectivity index (χ3v) is 6.82. The summed E-state index contributed by atoms with van der Waals surface area (Å²) in [7, 11) is 0. The molecule has 1 aromatic heterocycles. The Balaban J connectivity index is 1.28. The van der Waals surface area contributed by atoms with Crippen LogP contribution in [-0.2, 0) is 19.1 Å². The summed E-state index contributed by atoms with van der Waals surface area (Å²) in [5.41, 5.74) is 0.329. The van der Waals surface area contributed by atoms with Gasteiger partial charge in [-0.05, 0) is 57.7 Å². The molecule has 35 heavy (non-hydrogen) atoms. The van der Waals surface area contributed by atoms with Crippen LogP contribution in [-0.4, -0.2) is 83.5 Å². The number of amides is 4. The van der Waals surface area contributed by atoms with Crippen LogP contribution in [0.1, 0.15) is 57.9 Å². The molecule has 3 aliphatic rings. The van der Waals surface area contributed by atoms with Crippen LogP contribution >= 0.6 is 0 Å². The lowest BCUT2D eigenvalue weighted by molar-refractivity contribution is -0.138. The van der Waals surface area contributed by atoms with Crippen molar-refractivity contribution in [3.63, 3.8) is 0 Å². The van der Waals surface area contributed by atoms with Crippen LogP contribution < -0.4 is 10.2 Å². The van der Waals surface area contributed by atoms with E-state index in [1.54, 1.807) is 11.1 Å². The zero-order chi connectivity index (χ0) is 25.2. The summed E-state index contributed by atoms with van der Waals surface area (Å²) in [5.74, 6) is 0.0846. The van der Waals surface area contributed by atoms with Gasteiger partial charge in [0.25, 0.3) is 0 Å². The molecular formula is C25H35N5O5. The molecule has 10 heteroatoms. The molecule has 0 radical (unpaired) electrons. The number of rotatable bonds is 3. The first-order chi connectivity index (χ1) is 16.6. The second-order valence-electron chi connectivity index (χ2n) is 10.5. The van der Waals surface area contributed by atoms with Gasteiger partial charge in [0, 0.05) is 57.8 Å². The van der Waals surface area contributed by atoms with E-state index in [4.69, 9.17) is 4.74 Å². The van der Waals surface area contributed by atoms with Gasteiger partial charge in [0.05, 0.1) is 5.92 Å². The number of aromatic nitrogens is 1. The van der Waals surface area contributed by atoms with E-state index < -0.39 is 5.60 Å². The average molecular weight is 486 g/mol. The molecule has 4 heterocycles. The smallest absolute Gasteiger partial charge is 0.410 e. The normalized spacial score (nSPS) is 22.1. The van der Waals surface area contributed by atoms with E-state index in [2.05, 4.69) is 15.2 Å². The van der Waals surface area contributed by atoms with Crippen LogP contribution in [0.15, 0.2) is 18.3 Å². The van der Waals surface area contributed by atoms with Gasteiger partial charge in [0.2, 0.25) is 17.7 Å². The first kappa shape index (κ1) is 24.9. The number of hydrogen-bond acceptors (Lipinski definition) is 7. The summed E-state index contributed by atoms with van der Waals surface area (Å²) in [4.78, 5) is 59.3. The minimum Gasteiger partial charge on any atom is -0.444 e.